The second kappa shape index (κ2) is 6.33. The van der Waals surface area contributed by atoms with Crippen LogP contribution in [0.1, 0.15) is 11.8 Å². The molecule has 0 aliphatic carbocycles. The quantitative estimate of drug-likeness (QED) is 0.865. The van der Waals surface area contributed by atoms with E-state index in [9.17, 15) is 0 Å². The summed E-state index contributed by atoms with van der Waals surface area (Å²) in [6.45, 7) is 3.19. The lowest BCUT2D eigenvalue weighted by atomic mass is 10.3. The van der Waals surface area contributed by atoms with Crippen molar-refractivity contribution in [2.75, 3.05) is 30.8 Å². The van der Waals surface area contributed by atoms with Gasteiger partial charge in [0.1, 0.15) is 0 Å². The smallest absolute Gasteiger partial charge is 0.323 e. The number of likely N-dealkylation sites (N-methyl/N-ethyl adjacent to an activating group) is 1. The molecule has 0 saturated heterocycles. The Morgan fingerprint density at radius 3 is 2.89 bits per heavy atom. The van der Waals surface area contributed by atoms with Crippen LogP contribution in [-0.4, -0.2) is 35.2 Å². The highest BCUT2D eigenvalue weighted by atomic mass is 32.1. The van der Waals surface area contributed by atoms with Crippen molar-refractivity contribution in [1.29, 1.82) is 0 Å². The Bertz CT molecular complexity index is 517. The molecule has 2 aromatic rings. The van der Waals surface area contributed by atoms with Gasteiger partial charge < -0.3 is 15.4 Å². The zero-order valence-corrected chi connectivity index (χ0v) is 11.9. The first kappa shape index (κ1) is 13.5. The van der Waals surface area contributed by atoms with Gasteiger partial charge in [0.25, 0.3) is 0 Å². The first-order chi connectivity index (χ1) is 9.19. The predicted molar refractivity (Wildman–Crippen MR) is 76.7 cm³/mol. The van der Waals surface area contributed by atoms with Crippen LogP contribution in [0.15, 0.2) is 17.5 Å². The van der Waals surface area contributed by atoms with E-state index in [1.54, 1.807) is 11.3 Å². The number of ether oxygens (including phenoxy) is 1. The summed E-state index contributed by atoms with van der Waals surface area (Å²) in [7, 11) is 1.93. The summed E-state index contributed by atoms with van der Waals surface area (Å²) in [6.07, 6.45) is 0.948. The Morgan fingerprint density at radius 2 is 2.21 bits per heavy atom. The Hall–Kier alpha value is -1.89. The van der Waals surface area contributed by atoms with E-state index in [-0.39, 0.29) is 12.0 Å². The van der Waals surface area contributed by atoms with Crippen LogP contribution in [0.2, 0.25) is 0 Å². The molecule has 0 aliphatic heterocycles. The summed E-state index contributed by atoms with van der Waals surface area (Å²) in [4.78, 5) is 15.6. The molecule has 102 valence electrons. The Labute approximate surface area is 116 Å². The van der Waals surface area contributed by atoms with Crippen LogP contribution in [0.3, 0.4) is 0 Å². The largest absolute Gasteiger partial charge is 0.464 e. The van der Waals surface area contributed by atoms with Crippen molar-refractivity contribution >= 4 is 23.2 Å². The molecular weight excluding hydrogens is 262 g/mol. The molecule has 19 heavy (non-hydrogen) atoms. The first-order valence-corrected chi connectivity index (χ1v) is 6.95. The number of anilines is 2. The van der Waals surface area contributed by atoms with E-state index in [2.05, 4.69) is 26.4 Å². The summed E-state index contributed by atoms with van der Waals surface area (Å²) in [5, 5.41) is 2.07. The molecule has 0 aromatic carbocycles. The molecule has 0 atom stereocenters. The van der Waals surface area contributed by atoms with E-state index in [0.29, 0.717) is 12.6 Å². The highest BCUT2D eigenvalue weighted by molar-refractivity contribution is 7.09. The molecule has 2 heterocycles. The minimum Gasteiger partial charge on any atom is -0.464 e. The number of hydrogen-bond acceptors (Lipinski definition) is 7. The fourth-order valence-corrected chi connectivity index (χ4v) is 2.26. The maximum absolute atomic E-state index is 5.65. The fraction of sp³-hybridized carbons (Fsp3) is 0.417. The third-order valence-electron chi connectivity index (χ3n) is 2.51. The molecule has 0 spiro atoms. The summed E-state index contributed by atoms with van der Waals surface area (Å²) in [5.74, 6) is 0.712. The van der Waals surface area contributed by atoms with Gasteiger partial charge in [0, 0.05) is 18.5 Å². The molecule has 6 nitrogen and oxygen atoms in total. The molecule has 2 aromatic heterocycles. The van der Waals surface area contributed by atoms with Gasteiger partial charge in [-0.2, -0.15) is 15.0 Å². The van der Waals surface area contributed by atoms with Crippen molar-refractivity contribution in [3.8, 4) is 6.01 Å². The number of nitrogens with zero attached hydrogens (tertiary/aromatic N) is 4. The van der Waals surface area contributed by atoms with E-state index in [1.807, 2.05) is 24.9 Å². The van der Waals surface area contributed by atoms with Crippen molar-refractivity contribution in [2.45, 2.75) is 13.3 Å². The number of hydrogen-bond donors (Lipinski definition) is 1. The second-order valence-electron chi connectivity index (χ2n) is 3.96. The van der Waals surface area contributed by atoms with Crippen LogP contribution in [-0.2, 0) is 6.42 Å². The number of rotatable bonds is 6. The summed E-state index contributed by atoms with van der Waals surface area (Å²) in [5.41, 5.74) is 5.65. The molecule has 0 saturated carbocycles. The average molecular weight is 279 g/mol. The average Bonchev–Trinajstić information content (AvgIpc) is 2.88. The van der Waals surface area contributed by atoms with Gasteiger partial charge in [-0.3, -0.25) is 0 Å². The summed E-state index contributed by atoms with van der Waals surface area (Å²) >= 11 is 1.75. The zero-order chi connectivity index (χ0) is 13.7. The highest BCUT2D eigenvalue weighted by Crippen LogP contribution is 2.14. The van der Waals surface area contributed by atoms with Crippen LogP contribution in [0.25, 0.3) is 0 Å². The molecule has 0 aliphatic rings. The maximum atomic E-state index is 5.65. The normalized spacial score (nSPS) is 10.4. The minimum atomic E-state index is 0.177. The highest BCUT2D eigenvalue weighted by Gasteiger charge is 2.09. The van der Waals surface area contributed by atoms with Crippen molar-refractivity contribution in [3.05, 3.63) is 22.4 Å². The van der Waals surface area contributed by atoms with E-state index in [4.69, 9.17) is 10.5 Å². The van der Waals surface area contributed by atoms with Crippen molar-refractivity contribution in [3.63, 3.8) is 0 Å². The van der Waals surface area contributed by atoms with Gasteiger partial charge in [-0.15, -0.1) is 11.3 Å². The molecule has 0 unspecified atom stereocenters. The van der Waals surface area contributed by atoms with E-state index >= 15 is 0 Å². The third kappa shape index (κ3) is 3.78. The lowest BCUT2D eigenvalue weighted by Crippen LogP contribution is -2.23. The molecule has 7 heteroatoms. The molecule has 0 bridgehead atoms. The van der Waals surface area contributed by atoms with Crippen LogP contribution in [0.4, 0.5) is 11.9 Å². The SMILES string of the molecule is CCOc1nc(N)nc(N(C)CCc2cccs2)n1. The van der Waals surface area contributed by atoms with Gasteiger partial charge in [0.15, 0.2) is 0 Å². The maximum Gasteiger partial charge on any atom is 0.323 e. The number of aromatic nitrogens is 3. The molecular formula is C12H17N5OS. The third-order valence-corrected chi connectivity index (χ3v) is 3.45. The van der Waals surface area contributed by atoms with Crippen LogP contribution >= 0.6 is 11.3 Å². The van der Waals surface area contributed by atoms with Gasteiger partial charge in [-0.05, 0) is 24.8 Å². The van der Waals surface area contributed by atoms with Crippen molar-refractivity contribution in [2.24, 2.45) is 0 Å². The van der Waals surface area contributed by atoms with E-state index in [0.717, 1.165) is 13.0 Å². The monoisotopic (exact) mass is 279 g/mol. The first-order valence-electron chi connectivity index (χ1n) is 6.07. The molecule has 0 fully saturated rings. The molecule has 0 radical (unpaired) electrons. The predicted octanol–water partition coefficient (Wildman–Crippen LogP) is 1.59. The summed E-state index contributed by atoms with van der Waals surface area (Å²) in [6, 6.07) is 4.44. The van der Waals surface area contributed by atoms with E-state index < -0.39 is 0 Å². The van der Waals surface area contributed by atoms with E-state index in [1.165, 1.54) is 4.88 Å². The minimum absolute atomic E-state index is 0.177. The van der Waals surface area contributed by atoms with Crippen LogP contribution in [0.5, 0.6) is 6.01 Å². The fourth-order valence-electron chi connectivity index (χ4n) is 1.56. The van der Waals surface area contributed by atoms with Crippen molar-refractivity contribution < 1.29 is 4.74 Å². The molecule has 2 N–H and O–H groups in total. The van der Waals surface area contributed by atoms with Crippen molar-refractivity contribution in [1.82, 2.24) is 15.0 Å². The van der Waals surface area contributed by atoms with Crippen LogP contribution in [0, 0.1) is 0 Å². The zero-order valence-electron chi connectivity index (χ0n) is 11.0. The van der Waals surface area contributed by atoms with Crippen LogP contribution < -0.4 is 15.4 Å². The Morgan fingerprint density at radius 1 is 1.37 bits per heavy atom. The standard InChI is InChI=1S/C12H17N5OS/c1-3-18-12-15-10(13)14-11(16-12)17(2)7-6-9-5-4-8-19-9/h4-5,8H,3,6-7H2,1-2H3,(H2,13,14,15,16). The lowest BCUT2D eigenvalue weighted by molar-refractivity contribution is 0.312. The number of thiophene rings is 1. The Kier molecular flexibility index (Phi) is 4.51. The second-order valence-corrected chi connectivity index (χ2v) is 4.99. The summed E-state index contributed by atoms with van der Waals surface area (Å²) < 4.78 is 5.26. The van der Waals surface area contributed by atoms with Gasteiger partial charge >= 0.3 is 6.01 Å². The lowest BCUT2D eigenvalue weighted by Gasteiger charge is -2.17. The number of nitrogen functional groups attached to an aromatic ring is 1. The topological polar surface area (TPSA) is 77.2 Å². The molecule has 0 amide bonds. The van der Waals surface area contributed by atoms with Gasteiger partial charge in [-0.1, -0.05) is 6.07 Å². The van der Waals surface area contributed by atoms with Gasteiger partial charge in [0.2, 0.25) is 11.9 Å². The van der Waals surface area contributed by atoms with Gasteiger partial charge in [-0.25, -0.2) is 0 Å². The number of nitrogens with two attached hydrogens (primary N) is 1. The van der Waals surface area contributed by atoms with Gasteiger partial charge in [0.05, 0.1) is 6.61 Å². The Balaban J connectivity index is 2.03. The molecule has 2 rings (SSSR count).